The quantitative estimate of drug-likeness (QED) is 0.270. The second-order valence-electron chi connectivity index (χ2n) is 12.9. The van der Waals surface area contributed by atoms with Crippen molar-refractivity contribution in [3.05, 3.63) is 107 Å². The first kappa shape index (κ1) is 30.9. The van der Waals surface area contributed by atoms with Crippen LogP contribution in [-0.2, 0) is 17.9 Å². The van der Waals surface area contributed by atoms with Gasteiger partial charge in [0, 0.05) is 49.4 Å². The number of hydrogen-bond donors (Lipinski definition) is 1. The summed E-state index contributed by atoms with van der Waals surface area (Å²) < 4.78 is 14.1. The lowest BCUT2D eigenvalue weighted by molar-refractivity contribution is -0.142. The summed E-state index contributed by atoms with van der Waals surface area (Å²) >= 11 is 0. The van der Waals surface area contributed by atoms with Crippen LogP contribution in [0.1, 0.15) is 42.2 Å². The molecule has 2 atom stereocenters. The molecule has 0 unspecified atom stereocenters. The normalized spacial score (nSPS) is 20.0. The number of piperidine rings is 2. The lowest BCUT2D eigenvalue weighted by atomic mass is 9.79. The topological polar surface area (TPSA) is 119 Å². The summed E-state index contributed by atoms with van der Waals surface area (Å²) in [6.45, 7) is 5.11. The molecule has 11 nitrogen and oxygen atoms in total. The zero-order valence-electron chi connectivity index (χ0n) is 26.8. The Labute approximate surface area is 273 Å². The average molecular weight is 637 g/mol. The molecule has 2 aliphatic heterocycles. The second-order valence-corrected chi connectivity index (χ2v) is 12.9. The SMILES string of the molecule is COc1ccc(-n2ccc3c(=O)n(CC4(O)CCN(C(=O)[C@@H]5CCN(Cc6cc(C)no6)C[C@H]5c5ccccc5)CC4)cnc32)cc1. The number of ether oxygens (including phenoxy) is 1. The van der Waals surface area contributed by atoms with Crippen LogP contribution in [0.15, 0.2) is 88.6 Å². The number of methoxy groups -OCH3 is 1. The molecular weight excluding hydrogens is 596 g/mol. The zero-order chi connectivity index (χ0) is 32.5. The predicted molar refractivity (Wildman–Crippen MR) is 176 cm³/mol. The largest absolute Gasteiger partial charge is 0.497 e. The Balaban J connectivity index is 1.02. The molecule has 1 amide bonds. The smallest absolute Gasteiger partial charge is 0.262 e. The Morgan fingerprint density at radius 1 is 1.06 bits per heavy atom. The molecule has 0 spiro atoms. The van der Waals surface area contributed by atoms with Crippen molar-refractivity contribution in [3.8, 4) is 11.4 Å². The van der Waals surface area contributed by atoms with Gasteiger partial charge in [0.25, 0.3) is 5.56 Å². The van der Waals surface area contributed by atoms with E-state index in [1.165, 1.54) is 10.9 Å². The van der Waals surface area contributed by atoms with Gasteiger partial charge in [-0.15, -0.1) is 0 Å². The van der Waals surface area contributed by atoms with E-state index in [9.17, 15) is 14.7 Å². The van der Waals surface area contributed by atoms with Crippen molar-refractivity contribution in [2.24, 2.45) is 5.92 Å². The molecule has 0 radical (unpaired) electrons. The molecule has 11 heteroatoms. The van der Waals surface area contributed by atoms with E-state index in [2.05, 4.69) is 27.2 Å². The fourth-order valence-corrected chi connectivity index (χ4v) is 7.18. The minimum atomic E-state index is -1.12. The molecule has 47 heavy (non-hydrogen) atoms. The zero-order valence-corrected chi connectivity index (χ0v) is 26.8. The van der Waals surface area contributed by atoms with E-state index in [1.807, 2.05) is 71.1 Å². The number of amides is 1. The van der Waals surface area contributed by atoms with Gasteiger partial charge in [-0.2, -0.15) is 0 Å². The standard InChI is InChI=1S/C36H40N6O5/c1-25-20-29(47-38-25)21-39-16-12-30(32(22-39)26-6-4-3-5-7-26)34(43)40-18-14-36(45,15-19-40)23-41-24-37-33-31(35(41)44)13-17-42(33)27-8-10-28(46-2)11-9-27/h3-11,13,17,20,24,30,32,45H,12,14-16,18-19,21-23H2,1-2H3/t30-,32+/m1/s1. The number of nitrogens with zero attached hydrogens (tertiary/aromatic N) is 6. The first-order valence-electron chi connectivity index (χ1n) is 16.2. The number of aliphatic hydroxyl groups is 1. The monoisotopic (exact) mass is 636 g/mol. The molecule has 0 aliphatic carbocycles. The summed E-state index contributed by atoms with van der Waals surface area (Å²) in [6, 6.07) is 21.5. The van der Waals surface area contributed by atoms with Crippen LogP contribution < -0.4 is 10.3 Å². The van der Waals surface area contributed by atoms with Crippen LogP contribution in [0.2, 0.25) is 0 Å². The number of likely N-dealkylation sites (tertiary alicyclic amines) is 2. The number of carbonyl (C=O) groups is 1. The maximum absolute atomic E-state index is 14.1. The average Bonchev–Trinajstić information content (AvgIpc) is 3.72. The third kappa shape index (κ3) is 6.33. The van der Waals surface area contributed by atoms with Gasteiger partial charge in [0.05, 0.1) is 36.9 Å². The highest BCUT2D eigenvalue weighted by Crippen LogP contribution is 2.36. The van der Waals surface area contributed by atoms with Crippen LogP contribution in [0, 0.1) is 12.8 Å². The minimum absolute atomic E-state index is 0.0453. The van der Waals surface area contributed by atoms with Crippen molar-refractivity contribution in [2.75, 3.05) is 33.3 Å². The number of carbonyl (C=O) groups excluding carboxylic acids is 1. The van der Waals surface area contributed by atoms with Crippen molar-refractivity contribution in [3.63, 3.8) is 0 Å². The maximum Gasteiger partial charge on any atom is 0.262 e. The van der Waals surface area contributed by atoms with E-state index in [-0.39, 0.29) is 29.8 Å². The molecule has 2 saturated heterocycles. The number of hydrogen-bond acceptors (Lipinski definition) is 8. The van der Waals surface area contributed by atoms with Crippen LogP contribution in [0.3, 0.4) is 0 Å². The van der Waals surface area contributed by atoms with Crippen LogP contribution in [-0.4, -0.2) is 79.0 Å². The van der Waals surface area contributed by atoms with Crippen LogP contribution >= 0.6 is 0 Å². The molecule has 1 N–H and O–H groups in total. The molecule has 2 aromatic carbocycles. The van der Waals surface area contributed by atoms with Crippen LogP contribution in [0.25, 0.3) is 16.7 Å². The van der Waals surface area contributed by atoms with Gasteiger partial charge in [-0.05, 0) is 68.6 Å². The van der Waals surface area contributed by atoms with Crippen molar-refractivity contribution in [1.29, 1.82) is 0 Å². The highest BCUT2D eigenvalue weighted by Gasteiger charge is 2.41. The molecular formula is C36H40N6O5. The van der Waals surface area contributed by atoms with Crippen LogP contribution in [0.5, 0.6) is 5.75 Å². The third-order valence-electron chi connectivity index (χ3n) is 9.79. The van der Waals surface area contributed by atoms with Crippen molar-refractivity contribution < 1.29 is 19.2 Å². The van der Waals surface area contributed by atoms with Crippen molar-refractivity contribution >= 4 is 16.9 Å². The Bertz CT molecular complexity index is 1910. The van der Waals surface area contributed by atoms with Gasteiger partial charge in [-0.1, -0.05) is 35.5 Å². The van der Waals surface area contributed by atoms with Crippen LogP contribution in [0.4, 0.5) is 0 Å². The Morgan fingerprint density at radius 2 is 1.83 bits per heavy atom. The molecule has 3 aromatic heterocycles. The van der Waals surface area contributed by atoms with E-state index in [0.717, 1.165) is 48.0 Å². The fourth-order valence-electron chi connectivity index (χ4n) is 7.18. The van der Waals surface area contributed by atoms with Gasteiger partial charge < -0.3 is 23.8 Å². The summed E-state index contributed by atoms with van der Waals surface area (Å²) in [5, 5.41) is 16.1. The van der Waals surface area contributed by atoms with Crippen molar-refractivity contribution in [2.45, 2.75) is 50.8 Å². The summed E-state index contributed by atoms with van der Waals surface area (Å²) in [6.07, 6.45) is 4.85. The molecule has 0 bridgehead atoms. The van der Waals surface area contributed by atoms with Gasteiger partial charge in [-0.3, -0.25) is 19.1 Å². The summed E-state index contributed by atoms with van der Waals surface area (Å²) in [5.41, 5.74) is 2.12. The maximum atomic E-state index is 14.1. The van der Waals surface area contributed by atoms with Gasteiger partial charge in [0.2, 0.25) is 5.91 Å². The molecule has 2 aliphatic rings. The summed E-state index contributed by atoms with van der Waals surface area (Å²) in [7, 11) is 1.62. The minimum Gasteiger partial charge on any atom is -0.497 e. The number of fused-ring (bicyclic) bond motifs is 1. The number of aromatic nitrogens is 4. The third-order valence-corrected chi connectivity index (χ3v) is 9.79. The number of aryl methyl sites for hydroxylation is 1. The highest BCUT2D eigenvalue weighted by molar-refractivity contribution is 5.80. The second kappa shape index (κ2) is 12.8. The highest BCUT2D eigenvalue weighted by atomic mass is 16.5. The molecule has 7 rings (SSSR count). The Morgan fingerprint density at radius 3 is 2.53 bits per heavy atom. The summed E-state index contributed by atoms with van der Waals surface area (Å²) in [4.78, 5) is 36.4. The van der Waals surface area contributed by atoms with E-state index < -0.39 is 5.60 Å². The fraction of sp³-hybridized carbons (Fsp3) is 0.389. The predicted octanol–water partition coefficient (Wildman–Crippen LogP) is 4.15. The van der Waals surface area contributed by atoms with E-state index in [1.54, 1.807) is 13.2 Å². The van der Waals surface area contributed by atoms with Gasteiger partial charge in [0.15, 0.2) is 11.4 Å². The first-order chi connectivity index (χ1) is 22.8. The van der Waals surface area contributed by atoms with Gasteiger partial charge >= 0.3 is 0 Å². The number of rotatable bonds is 8. The molecule has 2 fully saturated rings. The molecule has 0 saturated carbocycles. The lowest BCUT2D eigenvalue weighted by Crippen LogP contribution is -2.53. The molecule has 5 aromatic rings. The van der Waals surface area contributed by atoms with Crippen molar-refractivity contribution in [1.82, 2.24) is 29.1 Å². The van der Waals surface area contributed by atoms with E-state index in [0.29, 0.717) is 43.5 Å². The molecule has 244 valence electrons. The van der Waals surface area contributed by atoms with Gasteiger partial charge in [-0.25, -0.2) is 4.98 Å². The Hall–Kier alpha value is -4.74. The van der Waals surface area contributed by atoms with E-state index >= 15 is 0 Å². The lowest BCUT2D eigenvalue weighted by Gasteiger charge is -2.43. The number of benzene rings is 2. The molecule has 5 heterocycles. The van der Waals surface area contributed by atoms with E-state index in [4.69, 9.17) is 9.26 Å². The Kier molecular flexibility index (Phi) is 8.42. The van der Waals surface area contributed by atoms with Gasteiger partial charge in [0.1, 0.15) is 12.1 Å². The summed E-state index contributed by atoms with van der Waals surface area (Å²) in [5.74, 6) is 1.61. The first-order valence-corrected chi connectivity index (χ1v) is 16.2.